The number of hydrogen-bond acceptors (Lipinski definition) is 1. The van der Waals surface area contributed by atoms with E-state index in [0.29, 0.717) is 10.1 Å². The van der Waals surface area contributed by atoms with Gasteiger partial charge in [-0.25, -0.2) is 0 Å². The van der Waals surface area contributed by atoms with Crippen molar-refractivity contribution < 1.29 is 13.2 Å². The highest BCUT2D eigenvalue weighted by Gasteiger charge is 2.32. The van der Waals surface area contributed by atoms with Crippen molar-refractivity contribution in [3.63, 3.8) is 0 Å². The van der Waals surface area contributed by atoms with Gasteiger partial charge >= 0.3 is 6.18 Å². The van der Waals surface area contributed by atoms with E-state index in [1.54, 1.807) is 17.5 Å². The van der Waals surface area contributed by atoms with Crippen LogP contribution in [0.25, 0.3) is 10.1 Å². The van der Waals surface area contributed by atoms with Gasteiger partial charge in [0, 0.05) is 4.70 Å². The van der Waals surface area contributed by atoms with Crippen LogP contribution in [-0.2, 0) is 6.18 Å². The molecule has 0 nitrogen and oxygen atoms in total. The predicted molar refractivity (Wildman–Crippen MR) is 46.8 cm³/mol. The SMILES string of the molecule is FC(F)(F)c1cccc2ccsc12. The van der Waals surface area contributed by atoms with E-state index >= 15 is 0 Å². The maximum absolute atomic E-state index is 12.4. The van der Waals surface area contributed by atoms with E-state index in [1.165, 1.54) is 6.07 Å². The molecule has 2 aromatic rings. The van der Waals surface area contributed by atoms with Gasteiger partial charge in [-0.2, -0.15) is 13.2 Å². The van der Waals surface area contributed by atoms with Gasteiger partial charge in [-0.05, 0) is 22.9 Å². The lowest BCUT2D eigenvalue weighted by Crippen LogP contribution is -2.04. The number of alkyl halides is 3. The number of rotatable bonds is 0. The van der Waals surface area contributed by atoms with E-state index in [0.717, 1.165) is 17.4 Å². The zero-order valence-electron chi connectivity index (χ0n) is 6.43. The van der Waals surface area contributed by atoms with E-state index in [9.17, 15) is 13.2 Å². The van der Waals surface area contributed by atoms with Crippen LogP contribution in [0, 0.1) is 0 Å². The van der Waals surface area contributed by atoms with E-state index in [2.05, 4.69) is 0 Å². The van der Waals surface area contributed by atoms with Gasteiger partial charge in [0.15, 0.2) is 0 Å². The van der Waals surface area contributed by atoms with Gasteiger partial charge in [0.2, 0.25) is 0 Å². The number of halogens is 3. The van der Waals surface area contributed by atoms with Gasteiger partial charge in [0.05, 0.1) is 5.56 Å². The molecule has 0 saturated heterocycles. The normalized spacial score (nSPS) is 12.2. The first-order valence-electron chi connectivity index (χ1n) is 3.62. The van der Waals surface area contributed by atoms with Crippen molar-refractivity contribution in [1.82, 2.24) is 0 Å². The molecular weight excluding hydrogens is 197 g/mol. The topological polar surface area (TPSA) is 0 Å². The molecule has 0 N–H and O–H groups in total. The molecule has 1 heterocycles. The lowest BCUT2D eigenvalue weighted by Gasteiger charge is -2.06. The van der Waals surface area contributed by atoms with Crippen molar-refractivity contribution in [2.45, 2.75) is 6.18 Å². The summed E-state index contributed by atoms with van der Waals surface area (Å²) in [7, 11) is 0. The Morgan fingerprint density at radius 3 is 2.54 bits per heavy atom. The number of hydrogen-bond donors (Lipinski definition) is 0. The van der Waals surface area contributed by atoms with Crippen molar-refractivity contribution in [3.8, 4) is 0 Å². The van der Waals surface area contributed by atoms with Crippen LogP contribution in [0.5, 0.6) is 0 Å². The van der Waals surface area contributed by atoms with Crippen molar-refractivity contribution in [2.24, 2.45) is 0 Å². The Morgan fingerprint density at radius 1 is 1.08 bits per heavy atom. The Morgan fingerprint density at radius 2 is 1.85 bits per heavy atom. The van der Waals surface area contributed by atoms with Crippen molar-refractivity contribution in [1.29, 1.82) is 0 Å². The standard InChI is InChI=1S/C9H5F3S/c10-9(11,12)7-3-1-2-6-4-5-13-8(6)7/h1-5H. The minimum absolute atomic E-state index is 0.315. The van der Waals surface area contributed by atoms with Crippen molar-refractivity contribution in [3.05, 3.63) is 35.2 Å². The van der Waals surface area contributed by atoms with E-state index < -0.39 is 11.7 Å². The van der Waals surface area contributed by atoms with Crippen LogP contribution in [-0.4, -0.2) is 0 Å². The van der Waals surface area contributed by atoms with Crippen LogP contribution < -0.4 is 0 Å². The van der Waals surface area contributed by atoms with Gasteiger partial charge in [-0.15, -0.1) is 11.3 Å². The van der Waals surface area contributed by atoms with Crippen LogP contribution >= 0.6 is 11.3 Å². The third-order valence-electron chi connectivity index (χ3n) is 1.78. The maximum atomic E-state index is 12.4. The van der Waals surface area contributed by atoms with Gasteiger partial charge in [0.1, 0.15) is 0 Å². The highest BCUT2D eigenvalue weighted by Crippen LogP contribution is 2.36. The molecule has 1 aromatic heterocycles. The molecule has 13 heavy (non-hydrogen) atoms. The summed E-state index contributed by atoms with van der Waals surface area (Å²) in [6, 6.07) is 5.91. The zero-order chi connectivity index (χ0) is 9.47. The summed E-state index contributed by atoms with van der Waals surface area (Å²) in [6.45, 7) is 0. The smallest absolute Gasteiger partial charge is 0.166 e. The fraction of sp³-hybridized carbons (Fsp3) is 0.111. The molecule has 0 amide bonds. The van der Waals surface area contributed by atoms with Gasteiger partial charge in [-0.3, -0.25) is 0 Å². The van der Waals surface area contributed by atoms with E-state index in [1.807, 2.05) is 0 Å². The molecule has 0 aliphatic carbocycles. The fourth-order valence-electron chi connectivity index (χ4n) is 1.22. The van der Waals surface area contributed by atoms with Gasteiger partial charge in [0.25, 0.3) is 0 Å². The summed E-state index contributed by atoms with van der Waals surface area (Å²) < 4.78 is 37.5. The predicted octanol–water partition coefficient (Wildman–Crippen LogP) is 3.92. The highest BCUT2D eigenvalue weighted by molar-refractivity contribution is 7.17. The third-order valence-corrected chi connectivity index (χ3v) is 2.75. The Bertz CT molecular complexity index is 428. The molecular formula is C9H5F3S. The van der Waals surface area contributed by atoms with Gasteiger partial charge in [-0.1, -0.05) is 12.1 Å². The molecule has 0 aliphatic rings. The quantitative estimate of drug-likeness (QED) is 0.607. The molecule has 0 fully saturated rings. The molecule has 0 atom stereocenters. The molecule has 0 aliphatic heterocycles. The summed E-state index contributed by atoms with van der Waals surface area (Å²) in [5.74, 6) is 0. The molecule has 0 unspecified atom stereocenters. The number of fused-ring (bicyclic) bond motifs is 1. The third kappa shape index (κ3) is 1.42. The first-order chi connectivity index (χ1) is 6.09. The van der Waals surface area contributed by atoms with E-state index in [-0.39, 0.29) is 0 Å². The summed E-state index contributed by atoms with van der Waals surface area (Å²) in [5.41, 5.74) is -0.542. The highest BCUT2D eigenvalue weighted by atomic mass is 32.1. The minimum Gasteiger partial charge on any atom is -0.166 e. The second-order valence-electron chi connectivity index (χ2n) is 2.64. The van der Waals surface area contributed by atoms with Crippen LogP contribution in [0.2, 0.25) is 0 Å². The average molecular weight is 202 g/mol. The summed E-state index contributed by atoms with van der Waals surface area (Å²) in [5, 5.41) is 2.32. The van der Waals surface area contributed by atoms with Crippen molar-refractivity contribution in [2.75, 3.05) is 0 Å². The molecule has 4 heteroatoms. The first kappa shape index (κ1) is 8.56. The van der Waals surface area contributed by atoms with Crippen molar-refractivity contribution >= 4 is 21.4 Å². The Hall–Kier alpha value is -1.03. The molecule has 2 rings (SSSR count). The molecule has 1 aromatic carbocycles. The first-order valence-corrected chi connectivity index (χ1v) is 4.50. The molecule has 0 spiro atoms. The summed E-state index contributed by atoms with van der Waals surface area (Å²) >= 11 is 1.12. The van der Waals surface area contributed by atoms with Crippen LogP contribution in [0.4, 0.5) is 13.2 Å². The van der Waals surface area contributed by atoms with Gasteiger partial charge < -0.3 is 0 Å². The maximum Gasteiger partial charge on any atom is 0.417 e. The second kappa shape index (κ2) is 2.73. The monoisotopic (exact) mass is 202 g/mol. The fourth-order valence-corrected chi connectivity index (χ4v) is 2.15. The number of benzene rings is 1. The average Bonchev–Trinajstić information content (AvgIpc) is 2.48. The van der Waals surface area contributed by atoms with E-state index in [4.69, 9.17) is 0 Å². The summed E-state index contributed by atoms with van der Waals surface area (Å²) in [4.78, 5) is 0. The number of thiophene rings is 1. The lowest BCUT2D eigenvalue weighted by molar-refractivity contribution is -0.136. The molecule has 68 valence electrons. The second-order valence-corrected chi connectivity index (χ2v) is 3.56. The van der Waals surface area contributed by atoms with Crippen LogP contribution in [0.15, 0.2) is 29.6 Å². The van der Waals surface area contributed by atoms with Crippen LogP contribution in [0.1, 0.15) is 5.56 Å². The Labute approximate surface area is 76.6 Å². The zero-order valence-corrected chi connectivity index (χ0v) is 7.25. The largest absolute Gasteiger partial charge is 0.417 e. The molecule has 0 bridgehead atoms. The molecule has 0 radical (unpaired) electrons. The Kier molecular flexibility index (Phi) is 1.80. The lowest BCUT2D eigenvalue weighted by atomic mass is 10.1. The Balaban J connectivity index is 2.75. The van der Waals surface area contributed by atoms with Crippen LogP contribution in [0.3, 0.4) is 0 Å². The minimum atomic E-state index is -4.25. The summed E-state index contributed by atoms with van der Waals surface area (Å²) in [6.07, 6.45) is -4.25. The molecule has 0 saturated carbocycles.